The van der Waals surface area contributed by atoms with E-state index in [2.05, 4.69) is 50.3 Å². The molecule has 0 radical (unpaired) electrons. The summed E-state index contributed by atoms with van der Waals surface area (Å²) in [5.41, 5.74) is 5.34. The lowest BCUT2D eigenvalue weighted by atomic mass is 10.1. The number of nitrogens with two attached hydrogens (primary N) is 1. The molecule has 3 N–H and O–H groups in total. The fraction of sp³-hybridized carbons (Fsp3) is 0.810. The zero-order chi connectivity index (χ0) is 38.2. The standard InChI is InChI=1S/C42H78NO8P/c1-3-5-7-9-11-13-15-17-18-19-20-21-22-23-25-27-29-31-33-35-42(45)51-40(39-50-52(46,47)49-37-36-43)38-48-41(44)34-32-30-28-26-24-16-14-12-10-8-6-4-2/h11-14,17-18,40H,3-10,15-16,19-39,43H2,1-2H3,(H,46,47)/b13-11+,14-12+,18-17+/t40-/m1/s1. The Morgan fingerprint density at radius 1 is 0.577 bits per heavy atom. The van der Waals surface area contributed by atoms with E-state index in [4.69, 9.17) is 24.3 Å². The number of rotatable bonds is 39. The minimum absolute atomic E-state index is 0.0513. The zero-order valence-electron chi connectivity index (χ0n) is 33.3. The molecule has 0 spiro atoms. The highest BCUT2D eigenvalue weighted by Gasteiger charge is 2.26. The molecule has 0 aliphatic heterocycles. The number of ether oxygens (including phenoxy) is 2. The van der Waals surface area contributed by atoms with E-state index < -0.39 is 32.5 Å². The fourth-order valence-electron chi connectivity index (χ4n) is 5.60. The van der Waals surface area contributed by atoms with Gasteiger partial charge in [-0.05, 0) is 70.6 Å². The summed E-state index contributed by atoms with van der Waals surface area (Å²) in [6, 6.07) is 0. The van der Waals surface area contributed by atoms with Crippen molar-refractivity contribution >= 4 is 19.8 Å². The topological polar surface area (TPSA) is 134 Å². The van der Waals surface area contributed by atoms with Crippen molar-refractivity contribution in [2.75, 3.05) is 26.4 Å². The number of hydrogen-bond acceptors (Lipinski definition) is 8. The summed E-state index contributed by atoms with van der Waals surface area (Å²) in [7, 11) is -4.38. The maximum absolute atomic E-state index is 12.6. The first-order valence-electron chi connectivity index (χ1n) is 21.0. The van der Waals surface area contributed by atoms with Crippen molar-refractivity contribution in [2.24, 2.45) is 5.73 Å². The molecule has 52 heavy (non-hydrogen) atoms. The molecule has 0 bridgehead atoms. The van der Waals surface area contributed by atoms with Crippen LogP contribution in [0.15, 0.2) is 36.5 Å². The van der Waals surface area contributed by atoms with E-state index in [-0.39, 0.29) is 32.6 Å². The Hall–Kier alpha value is -1.77. The molecule has 0 aliphatic carbocycles. The molecule has 0 rings (SSSR count). The Kier molecular flexibility index (Phi) is 37.6. The molecule has 0 aromatic heterocycles. The maximum Gasteiger partial charge on any atom is 0.472 e. The number of hydrogen-bond donors (Lipinski definition) is 2. The lowest BCUT2D eigenvalue weighted by Crippen LogP contribution is -2.29. The van der Waals surface area contributed by atoms with Gasteiger partial charge in [-0.3, -0.25) is 18.6 Å². The molecule has 9 nitrogen and oxygen atoms in total. The van der Waals surface area contributed by atoms with E-state index in [9.17, 15) is 19.0 Å². The van der Waals surface area contributed by atoms with Crippen LogP contribution in [0.5, 0.6) is 0 Å². The average molecular weight is 756 g/mol. The van der Waals surface area contributed by atoms with E-state index >= 15 is 0 Å². The third-order valence-electron chi connectivity index (χ3n) is 8.75. The van der Waals surface area contributed by atoms with Gasteiger partial charge < -0.3 is 20.1 Å². The molecule has 0 saturated carbocycles. The van der Waals surface area contributed by atoms with E-state index in [1.54, 1.807) is 0 Å². The minimum atomic E-state index is -4.38. The second kappa shape index (κ2) is 38.9. The molecule has 1 unspecified atom stereocenters. The third kappa shape index (κ3) is 38.0. The Morgan fingerprint density at radius 2 is 1.00 bits per heavy atom. The van der Waals surface area contributed by atoms with Crippen LogP contribution in [0, 0.1) is 0 Å². The summed E-state index contributed by atoms with van der Waals surface area (Å²) < 4.78 is 32.7. The molecular formula is C42H78NO8P. The predicted molar refractivity (Wildman–Crippen MR) is 215 cm³/mol. The fourth-order valence-corrected chi connectivity index (χ4v) is 6.36. The van der Waals surface area contributed by atoms with Crippen LogP contribution < -0.4 is 5.73 Å². The molecular weight excluding hydrogens is 677 g/mol. The van der Waals surface area contributed by atoms with Crippen LogP contribution in [0.4, 0.5) is 0 Å². The smallest absolute Gasteiger partial charge is 0.462 e. The largest absolute Gasteiger partial charge is 0.472 e. The van der Waals surface area contributed by atoms with Crippen LogP contribution in [-0.2, 0) is 32.7 Å². The Balaban J connectivity index is 4.16. The number of unbranched alkanes of at least 4 members (excludes halogenated alkanes) is 20. The highest BCUT2D eigenvalue weighted by Crippen LogP contribution is 2.43. The molecule has 10 heteroatoms. The Bertz CT molecular complexity index is 954. The molecule has 0 aliphatic rings. The van der Waals surface area contributed by atoms with Crippen LogP contribution in [0.25, 0.3) is 0 Å². The molecule has 0 amide bonds. The van der Waals surface area contributed by atoms with Gasteiger partial charge in [-0.2, -0.15) is 0 Å². The normalized spacial score (nSPS) is 13.7. The SMILES string of the molecule is CCCCC/C=C/C/C=C/CCCCCCCCCCCC(=O)O[C@H](COC(=O)CCCCCCC/C=C/CCCCC)COP(=O)(O)OCCN. The summed E-state index contributed by atoms with van der Waals surface area (Å²) in [6.07, 6.45) is 41.7. The third-order valence-corrected chi connectivity index (χ3v) is 9.73. The number of phosphoric ester groups is 1. The number of allylic oxidation sites excluding steroid dienone is 6. The summed E-state index contributed by atoms with van der Waals surface area (Å²) in [4.78, 5) is 34.8. The number of carbonyl (C=O) groups excluding carboxylic acids is 2. The minimum Gasteiger partial charge on any atom is -0.462 e. The molecule has 0 fully saturated rings. The number of esters is 2. The Labute approximate surface area is 318 Å². The first-order chi connectivity index (χ1) is 25.3. The monoisotopic (exact) mass is 756 g/mol. The summed E-state index contributed by atoms with van der Waals surface area (Å²) in [5.74, 6) is -0.843. The first kappa shape index (κ1) is 50.2. The van der Waals surface area contributed by atoms with Crippen LogP contribution >= 0.6 is 7.82 Å². The van der Waals surface area contributed by atoms with Gasteiger partial charge in [0, 0.05) is 19.4 Å². The van der Waals surface area contributed by atoms with Crippen molar-refractivity contribution in [3.63, 3.8) is 0 Å². The predicted octanol–water partition coefficient (Wildman–Crippen LogP) is 11.8. The Morgan fingerprint density at radius 3 is 1.48 bits per heavy atom. The molecule has 2 atom stereocenters. The quantitative estimate of drug-likeness (QED) is 0.0272. The van der Waals surface area contributed by atoms with Gasteiger partial charge in [0.1, 0.15) is 6.61 Å². The van der Waals surface area contributed by atoms with Crippen LogP contribution in [0.1, 0.15) is 187 Å². The number of carbonyl (C=O) groups is 2. The van der Waals surface area contributed by atoms with Gasteiger partial charge in [-0.15, -0.1) is 0 Å². The second-order valence-corrected chi connectivity index (χ2v) is 15.3. The van der Waals surface area contributed by atoms with Crippen molar-refractivity contribution < 1.29 is 37.6 Å². The summed E-state index contributed by atoms with van der Waals surface area (Å²) in [5, 5.41) is 0. The first-order valence-corrected chi connectivity index (χ1v) is 22.5. The van der Waals surface area contributed by atoms with Gasteiger partial charge >= 0.3 is 19.8 Å². The summed E-state index contributed by atoms with van der Waals surface area (Å²) >= 11 is 0. The van der Waals surface area contributed by atoms with E-state index in [1.807, 2.05) is 0 Å². The number of phosphoric acid groups is 1. The van der Waals surface area contributed by atoms with Crippen molar-refractivity contribution in [2.45, 2.75) is 193 Å². The lowest BCUT2D eigenvalue weighted by Gasteiger charge is -2.19. The van der Waals surface area contributed by atoms with E-state index in [1.165, 1.54) is 83.5 Å². The van der Waals surface area contributed by atoms with Gasteiger partial charge in [0.25, 0.3) is 0 Å². The highest BCUT2D eigenvalue weighted by molar-refractivity contribution is 7.47. The van der Waals surface area contributed by atoms with E-state index in [0.29, 0.717) is 6.42 Å². The average Bonchev–Trinajstić information content (AvgIpc) is 3.13. The van der Waals surface area contributed by atoms with Gasteiger partial charge in [0.05, 0.1) is 13.2 Å². The van der Waals surface area contributed by atoms with Gasteiger partial charge in [-0.25, -0.2) is 4.57 Å². The van der Waals surface area contributed by atoms with Crippen molar-refractivity contribution in [1.82, 2.24) is 0 Å². The molecule has 0 aromatic rings. The molecule has 0 saturated heterocycles. The van der Waals surface area contributed by atoms with Crippen molar-refractivity contribution in [1.29, 1.82) is 0 Å². The second-order valence-electron chi connectivity index (χ2n) is 13.8. The van der Waals surface area contributed by atoms with Gasteiger partial charge in [0.2, 0.25) is 0 Å². The van der Waals surface area contributed by atoms with Crippen molar-refractivity contribution in [3.8, 4) is 0 Å². The molecule has 0 aromatic carbocycles. The van der Waals surface area contributed by atoms with Crippen LogP contribution in [0.2, 0.25) is 0 Å². The molecule has 304 valence electrons. The maximum atomic E-state index is 12.6. The van der Waals surface area contributed by atoms with Crippen LogP contribution in [-0.4, -0.2) is 49.3 Å². The summed E-state index contributed by atoms with van der Waals surface area (Å²) in [6.45, 7) is 3.67. The molecule has 0 heterocycles. The highest BCUT2D eigenvalue weighted by atomic mass is 31.2. The van der Waals surface area contributed by atoms with Gasteiger partial charge in [0.15, 0.2) is 6.10 Å². The van der Waals surface area contributed by atoms with Crippen molar-refractivity contribution in [3.05, 3.63) is 36.5 Å². The van der Waals surface area contributed by atoms with Gasteiger partial charge in [-0.1, -0.05) is 140 Å². The van der Waals surface area contributed by atoms with Crippen LogP contribution in [0.3, 0.4) is 0 Å². The van der Waals surface area contributed by atoms with E-state index in [0.717, 1.165) is 70.6 Å². The zero-order valence-corrected chi connectivity index (χ0v) is 34.2. The lowest BCUT2D eigenvalue weighted by molar-refractivity contribution is -0.161.